The van der Waals surface area contributed by atoms with Crippen LogP contribution in [0.15, 0.2) is 24.4 Å². The third-order valence-electron chi connectivity index (χ3n) is 3.12. The number of aromatic nitrogens is 2. The lowest BCUT2D eigenvalue weighted by Gasteiger charge is -2.21. The van der Waals surface area contributed by atoms with Crippen LogP contribution < -0.4 is 0 Å². The van der Waals surface area contributed by atoms with Gasteiger partial charge in [0.25, 0.3) is 0 Å². The fraction of sp³-hybridized carbons (Fsp3) is 0.417. The quantitative estimate of drug-likeness (QED) is 0.712. The van der Waals surface area contributed by atoms with Gasteiger partial charge in [-0.2, -0.15) is 0 Å². The molecule has 4 heteroatoms. The zero-order valence-corrected chi connectivity index (χ0v) is 9.65. The molecule has 0 N–H and O–H groups in total. The summed E-state index contributed by atoms with van der Waals surface area (Å²) >= 11 is 6.21. The van der Waals surface area contributed by atoms with Gasteiger partial charge in [0.15, 0.2) is 0 Å². The number of rotatable bonds is 1. The zero-order chi connectivity index (χ0) is 11.0. The van der Waals surface area contributed by atoms with Crippen LogP contribution in [0.3, 0.4) is 0 Å². The van der Waals surface area contributed by atoms with Crippen molar-refractivity contribution in [3.8, 4) is 0 Å². The second-order valence-electron chi connectivity index (χ2n) is 4.11. The van der Waals surface area contributed by atoms with Crippen LogP contribution in [-0.2, 0) is 4.74 Å². The molecular weight excluding hydrogens is 224 g/mol. The Bertz CT molecular complexity index is 503. The van der Waals surface area contributed by atoms with Crippen molar-refractivity contribution < 1.29 is 4.74 Å². The molecule has 1 fully saturated rings. The predicted octanol–water partition coefficient (Wildman–Crippen LogP) is 2.88. The van der Waals surface area contributed by atoms with Crippen LogP contribution in [0, 0.1) is 0 Å². The summed E-state index contributed by atoms with van der Waals surface area (Å²) in [5.41, 5.74) is 1.06. The number of hydrogen-bond donors (Lipinski definition) is 0. The molecular formula is C12H13ClN2O. The maximum atomic E-state index is 6.21. The Labute approximate surface area is 99.0 Å². The molecule has 2 aromatic rings. The Balaban J connectivity index is 2.09. The average molecular weight is 237 g/mol. The van der Waals surface area contributed by atoms with Crippen LogP contribution in [0.2, 0.25) is 5.15 Å². The van der Waals surface area contributed by atoms with E-state index in [1.807, 2.05) is 28.8 Å². The summed E-state index contributed by atoms with van der Waals surface area (Å²) in [7, 11) is 0. The van der Waals surface area contributed by atoms with Gasteiger partial charge in [0.2, 0.25) is 0 Å². The van der Waals surface area contributed by atoms with Crippen molar-refractivity contribution in [2.75, 3.05) is 13.2 Å². The first-order valence-electron chi connectivity index (χ1n) is 5.56. The molecule has 2 aromatic heterocycles. The fourth-order valence-corrected chi connectivity index (χ4v) is 2.53. The zero-order valence-electron chi connectivity index (χ0n) is 8.90. The van der Waals surface area contributed by atoms with Crippen molar-refractivity contribution in [3.05, 3.63) is 35.4 Å². The summed E-state index contributed by atoms with van der Waals surface area (Å²) in [6.07, 6.45) is 3.95. The summed E-state index contributed by atoms with van der Waals surface area (Å²) in [4.78, 5) is 4.50. The average Bonchev–Trinajstić information content (AvgIpc) is 2.75. The SMILES string of the molecule is Clc1cccc2cnc(C3CCOCC3)n12. The van der Waals surface area contributed by atoms with E-state index in [4.69, 9.17) is 16.3 Å². The van der Waals surface area contributed by atoms with Crippen molar-refractivity contribution in [2.45, 2.75) is 18.8 Å². The molecule has 3 heterocycles. The first kappa shape index (κ1) is 10.1. The second kappa shape index (κ2) is 4.07. The standard InChI is InChI=1S/C12H13ClN2O/c13-11-3-1-2-10-8-14-12(15(10)11)9-4-6-16-7-5-9/h1-3,8-9H,4-7H2. The van der Waals surface area contributed by atoms with Gasteiger partial charge in [0.1, 0.15) is 11.0 Å². The Morgan fingerprint density at radius 3 is 2.94 bits per heavy atom. The third-order valence-corrected chi connectivity index (χ3v) is 3.41. The van der Waals surface area contributed by atoms with E-state index in [1.165, 1.54) is 0 Å². The van der Waals surface area contributed by atoms with Crippen molar-refractivity contribution in [2.24, 2.45) is 0 Å². The first-order valence-corrected chi connectivity index (χ1v) is 5.93. The number of nitrogens with zero attached hydrogens (tertiary/aromatic N) is 2. The van der Waals surface area contributed by atoms with Gasteiger partial charge in [-0.25, -0.2) is 4.98 Å². The number of halogens is 1. The van der Waals surface area contributed by atoms with Gasteiger partial charge in [-0.05, 0) is 25.0 Å². The Morgan fingerprint density at radius 2 is 2.12 bits per heavy atom. The van der Waals surface area contributed by atoms with E-state index in [2.05, 4.69) is 4.98 Å². The first-order chi connectivity index (χ1) is 7.86. The van der Waals surface area contributed by atoms with E-state index in [1.54, 1.807) is 0 Å². The van der Waals surface area contributed by atoms with E-state index in [9.17, 15) is 0 Å². The number of fused-ring (bicyclic) bond motifs is 1. The molecule has 84 valence electrons. The summed E-state index contributed by atoms with van der Waals surface area (Å²) in [6.45, 7) is 1.65. The van der Waals surface area contributed by atoms with E-state index < -0.39 is 0 Å². The topological polar surface area (TPSA) is 26.5 Å². The molecule has 0 atom stereocenters. The van der Waals surface area contributed by atoms with Gasteiger partial charge in [-0.3, -0.25) is 4.40 Å². The third kappa shape index (κ3) is 1.60. The van der Waals surface area contributed by atoms with Crippen molar-refractivity contribution in [1.29, 1.82) is 0 Å². The lowest BCUT2D eigenvalue weighted by molar-refractivity contribution is 0.0835. The second-order valence-corrected chi connectivity index (χ2v) is 4.50. The van der Waals surface area contributed by atoms with Crippen LogP contribution >= 0.6 is 11.6 Å². The molecule has 0 unspecified atom stereocenters. The molecule has 0 bridgehead atoms. The lowest BCUT2D eigenvalue weighted by atomic mass is 10.00. The Morgan fingerprint density at radius 1 is 1.31 bits per heavy atom. The van der Waals surface area contributed by atoms with E-state index in [-0.39, 0.29) is 0 Å². The molecule has 0 radical (unpaired) electrons. The highest BCUT2D eigenvalue weighted by atomic mass is 35.5. The highest BCUT2D eigenvalue weighted by molar-refractivity contribution is 6.29. The number of imidazole rings is 1. The minimum absolute atomic E-state index is 0.469. The van der Waals surface area contributed by atoms with Crippen LogP contribution in [0.5, 0.6) is 0 Å². The summed E-state index contributed by atoms with van der Waals surface area (Å²) in [5.74, 6) is 1.54. The van der Waals surface area contributed by atoms with Crippen LogP contribution in [0.4, 0.5) is 0 Å². The maximum Gasteiger partial charge on any atom is 0.117 e. The van der Waals surface area contributed by atoms with Crippen molar-refractivity contribution in [1.82, 2.24) is 9.38 Å². The van der Waals surface area contributed by atoms with E-state index in [0.29, 0.717) is 5.92 Å². The van der Waals surface area contributed by atoms with Gasteiger partial charge in [-0.1, -0.05) is 17.7 Å². The molecule has 0 spiro atoms. The molecule has 16 heavy (non-hydrogen) atoms. The molecule has 0 aliphatic carbocycles. The molecule has 1 aliphatic rings. The van der Waals surface area contributed by atoms with Gasteiger partial charge >= 0.3 is 0 Å². The van der Waals surface area contributed by atoms with Gasteiger partial charge < -0.3 is 4.74 Å². The molecule has 1 saturated heterocycles. The fourth-order valence-electron chi connectivity index (χ4n) is 2.27. The molecule has 3 rings (SSSR count). The summed E-state index contributed by atoms with van der Waals surface area (Å²) < 4.78 is 7.41. The Hall–Kier alpha value is -1.06. The van der Waals surface area contributed by atoms with Crippen LogP contribution in [0.25, 0.3) is 5.52 Å². The van der Waals surface area contributed by atoms with E-state index >= 15 is 0 Å². The molecule has 3 nitrogen and oxygen atoms in total. The molecule has 0 amide bonds. The highest BCUT2D eigenvalue weighted by Crippen LogP contribution is 2.28. The molecule has 1 aliphatic heterocycles. The summed E-state index contributed by atoms with van der Waals surface area (Å²) in [5, 5.41) is 0.733. The minimum Gasteiger partial charge on any atom is -0.381 e. The number of pyridine rings is 1. The number of hydrogen-bond acceptors (Lipinski definition) is 2. The lowest BCUT2D eigenvalue weighted by Crippen LogP contribution is -2.16. The van der Waals surface area contributed by atoms with E-state index in [0.717, 1.165) is 42.5 Å². The Kier molecular flexibility index (Phi) is 2.58. The molecule has 0 saturated carbocycles. The monoisotopic (exact) mass is 236 g/mol. The van der Waals surface area contributed by atoms with Crippen molar-refractivity contribution in [3.63, 3.8) is 0 Å². The van der Waals surface area contributed by atoms with Gasteiger partial charge in [0, 0.05) is 19.1 Å². The largest absolute Gasteiger partial charge is 0.381 e. The highest BCUT2D eigenvalue weighted by Gasteiger charge is 2.20. The smallest absolute Gasteiger partial charge is 0.117 e. The molecule has 0 aromatic carbocycles. The number of ether oxygens (including phenoxy) is 1. The normalized spacial score (nSPS) is 18.1. The van der Waals surface area contributed by atoms with Crippen molar-refractivity contribution >= 4 is 17.1 Å². The van der Waals surface area contributed by atoms with Crippen LogP contribution in [-0.4, -0.2) is 22.6 Å². The van der Waals surface area contributed by atoms with Gasteiger partial charge in [-0.15, -0.1) is 0 Å². The van der Waals surface area contributed by atoms with Crippen LogP contribution in [0.1, 0.15) is 24.6 Å². The summed E-state index contributed by atoms with van der Waals surface area (Å²) in [6, 6.07) is 5.88. The van der Waals surface area contributed by atoms with Gasteiger partial charge in [0.05, 0.1) is 11.7 Å². The minimum atomic E-state index is 0.469. The predicted molar refractivity (Wildman–Crippen MR) is 63.0 cm³/mol. The maximum absolute atomic E-state index is 6.21.